The van der Waals surface area contributed by atoms with Gasteiger partial charge in [0.15, 0.2) is 5.69 Å². The molecule has 136 valence electrons. The first-order chi connectivity index (χ1) is 13.2. The highest BCUT2D eigenvalue weighted by atomic mass is 35.5. The fourth-order valence-corrected chi connectivity index (χ4v) is 2.87. The summed E-state index contributed by atoms with van der Waals surface area (Å²) in [6.45, 7) is 0.897. The van der Waals surface area contributed by atoms with Crippen molar-refractivity contribution in [2.45, 2.75) is 13.0 Å². The maximum atomic E-state index is 12.2. The summed E-state index contributed by atoms with van der Waals surface area (Å²) in [6.07, 6.45) is 7.68. The number of benzene rings is 1. The molecule has 27 heavy (non-hydrogen) atoms. The molecule has 3 aromatic heterocycles. The number of hydrogen-bond acceptors (Lipinski definition) is 5. The minimum atomic E-state index is -0.276. The summed E-state index contributed by atoms with van der Waals surface area (Å²) < 4.78 is 3.43. The number of hydrogen-bond donors (Lipinski definition) is 1. The predicted molar refractivity (Wildman–Crippen MR) is 99.6 cm³/mol. The summed E-state index contributed by atoms with van der Waals surface area (Å²) in [6, 6.07) is 9.34. The normalized spacial score (nSPS) is 11.0. The molecule has 1 amide bonds. The molecule has 8 nitrogen and oxygen atoms in total. The van der Waals surface area contributed by atoms with Crippen molar-refractivity contribution in [1.82, 2.24) is 34.7 Å². The molecule has 1 N–H and O–H groups in total. The molecule has 9 heteroatoms. The summed E-state index contributed by atoms with van der Waals surface area (Å²) in [5, 5.41) is 11.4. The zero-order valence-electron chi connectivity index (χ0n) is 14.3. The van der Waals surface area contributed by atoms with Crippen LogP contribution in [-0.4, -0.2) is 41.8 Å². The van der Waals surface area contributed by atoms with Crippen molar-refractivity contribution in [1.29, 1.82) is 0 Å². The van der Waals surface area contributed by atoms with Crippen LogP contribution in [0.15, 0.2) is 55.1 Å². The van der Waals surface area contributed by atoms with Gasteiger partial charge in [-0.15, -0.1) is 5.10 Å². The van der Waals surface area contributed by atoms with Gasteiger partial charge < -0.3 is 5.32 Å². The van der Waals surface area contributed by atoms with E-state index in [0.717, 1.165) is 11.3 Å². The van der Waals surface area contributed by atoms with Gasteiger partial charge in [-0.1, -0.05) is 35.0 Å². The number of rotatable bonds is 6. The second-order valence-electron chi connectivity index (χ2n) is 5.96. The van der Waals surface area contributed by atoms with Crippen LogP contribution in [0, 0.1) is 0 Å². The Kier molecular flexibility index (Phi) is 4.80. The Bertz CT molecular complexity index is 1050. The number of amides is 1. The minimum Gasteiger partial charge on any atom is -0.350 e. The molecular weight excluding hydrogens is 366 g/mol. The SMILES string of the molecule is O=C(NCCc1cn2cccnc2n1)c1cn(Cc2ccccc2Cl)nn1. The molecule has 1 aromatic carbocycles. The molecular formula is C18H16ClN7O. The molecule has 0 bridgehead atoms. The Hall–Kier alpha value is -3.26. The Morgan fingerprint density at radius 1 is 1.19 bits per heavy atom. The van der Waals surface area contributed by atoms with Crippen molar-refractivity contribution in [2.75, 3.05) is 6.54 Å². The average Bonchev–Trinajstić information content (AvgIpc) is 3.30. The van der Waals surface area contributed by atoms with E-state index in [1.54, 1.807) is 17.1 Å². The van der Waals surface area contributed by atoms with E-state index in [1.807, 2.05) is 47.1 Å². The number of nitrogens with zero attached hydrogens (tertiary/aromatic N) is 6. The van der Waals surface area contributed by atoms with Crippen molar-refractivity contribution in [3.8, 4) is 0 Å². The lowest BCUT2D eigenvalue weighted by molar-refractivity contribution is 0.0949. The van der Waals surface area contributed by atoms with Crippen molar-refractivity contribution < 1.29 is 4.79 Å². The van der Waals surface area contributed by atoms with Gasteiger partial charge in [0.1, 0.15) is 0 Å². The van der Waals surface area contributed by atoms with Crippen LogP contribution in [0.4, 0.5) is 0 Å². The van der Waals surface area contributed by atoms with Gasteiger partial charge in [-0.25, -0.2) is 14.6 Å². The minimum absolute atomic E-state index is 0.263. The first-order valence-corrected chi connectivity index (χ1v) is 8.77. The molecule has 0 atom stereocenters. The zero-order valence-corrected chi connectivity index (χ0v) is 15.0. The first kappa shape index (κ1) is 17.2. The fraction of sp³-hybridized carbons (Fsp3) is 0.167. The Morgan fingerprint density at radius 2 is 2.07 bits per heavy atom. The monoisotopic (exact) mass is 381 g/mol. The summed E-state index contributed by atoms with van der Waals surface area (Å²) in [5.41, 5.74) is 2.03. The van der Waals surface area contributed by atoms with Gasteiger partial charge in [0.2, 0.25) is 5.78 Å². The van der Waals surface area contributed by atoms with Crippen LogP contribution >= 0.6 is 11.6 Å². The third kappa shape index (κ3) is 3.95. The highest BCUT2D eigenvalue weighted by Crippen LogP contribution is 2.15. The van der Waals surface area contributed by atoms with E-state index < -0.39 is 0 Å². The van der Waals surface area contributed by atoms with E-state index in [9.17, 15) is 4.79 Å². The van der Waals surface area contributed by atoms with Crippen molar-refractivity contribution in [2.24, 2.45) is 0 Å². The number of carbonyl (C=O) groups excluding carboxylic acids is 1. The topological polar surface area (TPSA) is 90.0 Å². The van der Waals surface area contributed by atoms with Crippen molar-refractivity contribution in [3.05, 3.63) is 77.1 Å². The molecule has 4 aromatic rings. The summed E-state index contributed by atoms with van der Waals surface area (Å²) in [7, 11) is 0. The summed E-state index contributed by atoms with van der Waals surface area (Å²) in [5.74, 6) is 0.364. The van der Waals surface area contributed by atoms with Gasteiger partial charge >= 0.3 is 0 Å². The molecule has 0 aliphatic carbocycles. The van der Waals surface area contributed by atoms with Crippen LogP contribution in [0.1, 0.15) is 21.7 Å². The molecule has 4 rings (SSSR count). The molecule has 0 fully saturated rings. The largest absolute Gasteiger partial charge is 0.350 e. The number of imidazole rings is 1. The van der Waals surface area contributed by atoms with E-state index in [-0.39, 0.29) is 11.6 Å². The van der Waals surface area contributed by atoms with Gasteiger partial charge in [0.25, 0.3) is 5.91 Å². The molecule has 0 radical (unpaired) electrons. The van der Waals surface area contributed by atoms with Crippen molar-refractivity contribution >= 4 is 23.3 Å². The van der Waals surface area contributed by atoms with Gasteiger partial charge in [0.05, 0.1) is 18.4 Å². The van der Waals surface area contributed by atoms with E-state index in [1.165, 1.54) is 0 Å². The maximum absolute atomic E-state index is 12.2. The van der Waals surface area contributed by atoms with Gasteiger partial charge in [-0.3, -0.25) is 9.20 Å². The van der Waals surface area contributed by atoms with Gasteiger partial charge in [-0.05, 0) is 17.7 Å². The molecule has 0 saturated carbocycles. The standard InChI is InChI=1S/C18H16ClN7O/c19-15-5-2-1-4-13(15)10-26-12-16(23-24-26)17(27)20-8-6-14-11-25-9-3-7-21-18(25)22-14/h1-5,7,9,11-12H,6,8,10H2,(H,20,27). The second kappa shape index (κ2) is 7.55. The van der Waals surface area contributed by atoms with E-state index in [2.05, 4.69) is 25.6 Å². The number of nitrogens with one attached hydrogen (secondary N) is 1. The second-order valence-corrected chi connectivity index (χ2v) is 6.37. The summed E-state index contributed by atoms with van der Waals surface area (Å²) >= 11 is 6.15. The average molecular weight is 382 g/mol. The maximum Gasteiger partial charge on any atom is 0.273 e. The highest BCUT2D eigenvalue weighted by molar-refractivity contribution is 6.31. The molecule has 0 unspecified atom stereocenters. The van der Waals surface area contributed by atoms with Crippen LogP contribution in [0.3, 0.4) is 0 Å². The third-order valence-corrected chi connectivity index (χ3v) is 4.38. The van der Waals surface area contributed by atoms with Crippen LogP contribution < -0.4 is 5.32 Å². The van der Waals surface area contributed by atoms with Crippen LogP contribution in [0.25, 0.3) is 5.78 Å². The van der Waals surface area contributed by atoms with E-state index in [4.69, 9.17) is 11.6 Å². The number of halogens is 1. The Morgan fingerprint density at radius 3 is 2.93 bits per heavy atom. The molecule has 0 saturated heterocycles. The Balaban J connectivity index is 1.33. The lowest BCUT2D eigenvalue weighted by atomic mass is 10.2. The highest BCUT2D eigenvalue weighted by Gasteiger charge is 2.11. The van der Waals surface area contributed by atoms with Crippen molar-refractivity contribution in [3.63, 3.8) is 0 Å². The van der Waals surface area contributed by atoms with Gasteiger partial charge in [0, 0.05) is 36.6 Å². The number of aromatic nitrogens is 6. The van der Waals surface area contributed by atoms with E-state index in [0.29, 0.717) is 30.3 Å². The van der Waals surface area contributed by atoms with E-state index >= 15 is 0 Å². The third-order valence-electron chi connectivity index (χ3n) is 4.01. The van der Waals surface area contributed by atoms with Crippen LogP contribution in [0.2, 0.25) is 5.02 Å². The Labute approximate surface area is 159 Å². The smallest absolute Gasteiger partial charge is 0.273 e. The lowest BCUT2D eigenvalue weighted by Crippen LogP contribution is -2.26. The molecule has 0 aliphatic rings. The zero-order chi connectivity index (χ0) is 18.6. The summed E-state index contributed by atoms with van der Waals surface area (Å²) in [4.78, 5) is 20.8. The number of carbonyl (C=O) groups is 1. The number of fused-ring (bicyclic) bond motifs is 1. The van der Waals surface area contributed by atoms with Crippen LogP contribution in [0.5, 0.6) is 0 Å². The van der Waals surface area contributed by atoms with Crippen LogP contribution in [-0.2, 0) is 13.0 Å². The molecule has 3 heterocycles. The first-order valence-electron chi connectivity index (χ1n) is 8.39. The fourth-order valence-electron chi connectivity index (χ4n) is 2.68. The van der Waals surface area contributed by atoms with Gasteiger partial charge in [-0.2, -0.15) is 0 Å². The predicted octanol–water partition coefficient (Wildman–Crippen LogP) is 1.99. The quantitative estimate of drug-likeness (QED) is 0.551. The lowest BCUT2D eigenvalue weighted by Gasteiger charge is -2.03. The molecule has 0 spiro atoms. The molecule has 0 aliphatic heterocycles.